The molecule has 0 saturated carbocycles. The van der Waals surface area contributed by atoms with Gasteiger partial charge in [0.05, 0.1) is 0 Å². The fraction of sp³-hybridized carbons (Fsp3) is 0.531. The summed E-state index contributed by atoms with van der Waals surface area (Å²) in [6.45, 7) is 20.9. The molecule has 2 aromatic rings. The number of nitrogens with zero attached hydrogens (tertiary/aromatic N) is 1. The van der Waals surface area contributed by atoms with Crippen molar-refractivity contribution in [3.05, 3.63) is 64.7 Å². The minimum Gasteiger partial charge on any atom is -0.444 e. The normalized spacial score (nSPS) is 13.4. The van der Waals surface area contributed by atoms with Crippen LogP contribution in [-0.4, -0.2) is 40.0 Å². The number of ether oxygens (including phenoxy) is 1. The molecule has 0 aliphatic rings. The maximum atomic E-state index is 14.4. The third-order valence-electron chi connectivity index (χ3n) is 6.38. The van der Waals surface area contributed by atoms with Crippen LogP contribution in [0.15, 0.2) is 42.5 Å². The Labute approximate surface area is 234 Å². The highest BCUT2D eigenvalue weighted by atomic mass is 16.6. The van der Waals surface area contributed by atoms with Crippen LogP contribution in [-0.2, 0) is 14.3 Å². The number of anilines is 1. The number of amides is 3. The van der Waals surface area contributed by atoms with E-state index in [-0.39, 0.29) is 17.7 Å². The maximum absolute atomic E-state index is 14.4. The predicted molar refractivity (Wildman–Crippen MR) is 158 cm³/mol. The highest BCUT2D eigenvalue weighted by Gasteiger charge is 2.42. The quantitative estimate of drug-likeness (QED) is 0.385. The molecule has 2 N–H and O–H groups in total. The predicted octanol–water partition coefficient (Wildman–Crippen LogP) is 6.86. The van der Waals surface area contributed by atoms with E-state index in [9.17, 15) is 14.4 Å². The molecule has 2 rings (SSSR count). The Balaban J connectivity index is 2.65. The van der Waals surface area contributed by atoms with Crippen molar-refractivity contribution in [2.75, 3.05) is 5.32 Å². The van der Waals surface area contributed by atoms with Gasteiger partial charge in [-0.25, -0.2) is 4.79 Å². The summed E-state index contributed by atoms with van der Waals surface area (Å²) in [4.78, 5) is 43.0. The molecule has 0 spiro atoms. The number of para-hydroxylation sites is 1. The first-order valence-electron chi connectivity index (χ1n) is 13.7. The van der Waals surface area contributed by atoms with Crippen molar-refractivity contribution in [2.45, 2.75) is 106 Å². The van der Waals surface area contributed by atoms with Crippen molar-refractivity contribution < 1.29 is 19.1 Å². The number of rotatable bonds is 8. The van der Waals surface area contributed by atoms with Crippen molar-refractivity contribution in [3.63, 3.8) is 0 Å². The van der Waals surface area contributed by atoms with Gasteiger partial charge in [0.15, 0.2) is 0 Å². The summed E-state index contributed by atoms with van der Waals surface area (Å²) in [6, 6.07) is 11.6. The average Bonchev–Trinajstić information content (AvgIpc) is 2.77. The molecule has 0 heterocycles. The SMILES string of the molecule is Cc1ccccc1C(C(=O)Nc1c(C)cccc1C)N(C(=O)C(CC(C)C)NC(=O)OC(C)(C)C)C(C)(C)C. The van der Waals surface area contributed by atoms with Gasteiger partial charge in [-0.1, -0.05) is 56.3 Å². The van der Waals surface area contributed by atoms with Gasteiger partial charge in [0.2, 0.25) is 5.91 Å². The first-order chi connectivity index (χ1) is 17.9. The van der Waals surface area contributed by atoms with Gasteiger partial charge in [0.1, 0.15) is 17.7 Å². The maximum Gasteiger partial charge on any atom is 0.408 e. The summed E-state index contributed by atoms with van der Waals surface area (Å²) in [7, 11) is 0. The van der Waals surface area contributed by atoms with Crippen molar-refractivity contribution in [3.8, 4) is 0 Å². The van der Waals surface area contributed by atoms with Crippen molar-refractivity contribution in [2.24, 2.45) is 5.92 Å². The standard InChI is InChI=1S/C32H47N3O4/c1-20(2)19-25(33-30(38)39-32(9,10)11)29(37)35(31(6,7)8)27(24-18-13-12-15-21(24)3)28(36)34-26-22(4)16-14-17-23(26)5/h12-18,20,25,27H,19H2,1-11H3,(H,33,38)(H,34,36). The molecule has 0 bridgehead atoms. The molecule has 2 unspecified atom stereocenters. The molecule has 214 valence electrons. The van der Waals surface area contributed by atoms with Crippen LogP contribution in [0.1, 0.15) is 90.1 Å². The number of nitrogens with one attached hydrogen (secondary N) is 2. The van der Waals surface area contributed by atoms with E-state index >= 15 is 0 Å². The van der Waals surface area contributed by atoms with Gasteiger partial charge in [-0.3, -0.25) is 9.59 Å². The van der Waals surface area contributed by atoms with Crippen LogP contribution in [0.4, 0.5) is 10.5 Å². The largest absolute Gasteiger partial charge is 0.444 e. The smallest absolute Gasteiger partial charge is 0.408 e. The van der Waals surface area contributed by atoms with Crippen LogP contribution in [0.5, 0.6) is 0 Å². The first kappa shape index (κ1) is 31.9. The molecule has 3 amide bonds. The second kappa shape index (κ2) is 12.7. The number of aryl methyl sites for hydroxylation is 3. The fourth-order valence-corrected chi connectivity index (χ4v) is 4.65. The third kappa shape index (κ3) is 8.84. The molecule has 7 heteroatoms. The molecule has 0 aliphatic carbocycles. The fourth-order valence-electron chi connectivity index (χ4n) is 4.65. The lowest BCUT2D eigenvalue weighted by Gasteiger charge is -2.43. The summed E-state index contributed by atoms with van der Waals surface area (Å²) in [5.41, 5.74) is 2.75. The Bertz CT molecular complexity index is 1150. The van der Waals surface area contributed by atoms with Gasteiger partial charge < -0.3 is 20.3 Å². The highest BCUT2D eigenvalue weighted by molar-refractivity contribution is 6.00. The Kier molecular flexibility index (Phi) is 10.4. The number of carbonyl (C=O) groups excluding carboxylic acids is 3. The Morgan fingerprint density at radius 1 is 0.846 bits per heavy atom. The summed E-state index contributed by atoms with van der Waals surface area (Å²) < 4.78 is 5.48. The lowest BCUT2D eigenvalue weighted by Crippen LogP contribution is -2.58. The molecular formula is C32H47N3O4. The zero-order valence-corrected chi connectivity index (χ0v) is 25.6. The zero-order chi connectivity index (χ0) is 29.7. The molecule has 0 saturated heterocycles. The summed E-state index contributed by atoms with van der Waals surface area (Å²) in [5.74, 6) is -0.548. The second-order valence-corrected chi connectivity index (χ2v) is 12.7. The number of hydrogen-bond acceptors (Lipinski definition) is 4. The first-order valence-corrected chi connectivity index (χ1v) is 13.7. The van der Waals surface area contributed by atoms with Crippen molar-refractivity contribution in [1.82, 2.24) is 10.2 Å². The van der Waals surface area contributed by atoms with E-state index in [0.29, 0.717) is 6.42 Å². The van der Waals surface area contributed by atoms with Crippen LogP contribution in [0.25, 0.3) is 0 Å². The van der Waals surface area contributed by atoms with E-state index in [0.717, 1.165) is 27.9 Å². The van der Waals surface area contributed by atoms with Gasteiger partial charge in [-0.15, -0.1) is 0 Å². The molecule has 0 fully saturated rings. The lowest BCUT2D eigenvalue weighted by molar-refractivity contribution is -0.147. The van der Waals surface area contributed by atoms with Gasteiger partial charge >= 0.3 is 6.09 Å². The van der Waals surface area contributed by atoms with E-state index in [2.05, 4.69) is 10.6 Å². The molecule has 39 heavy (non-hydrogen) atoms. The number of benzene rings is 2. The average molecular weight is 538 g/mol. The molecule has 0 radical (unpaired) electrons. The summed E-state index contributed by atoms with van der Waals surface area (Å²) in [5, 5.41) is 5.92. The van der Waals surface area contributed by atoms with E-state index in [1.165, 1.54) is 0 Å². The topological polar surface area (TPSA) is 87.7 Å². The summed E-state index contributed by atoms with van der Waals surface area (Å²) >= 11 is 0. The van der Waals surface area contributed by atoms with Crippen LogP contribution >= 0.6 is 0 Å². The minimum absolute atomic E-state index is 0.107. The number of alkyl carbamates (subject to hydrolysis) is 1. The van der Waals surface area contributed by atoms with E-state index < -0.39 is 29.3 Å². The molecule has 0 aromatic heterocycles. The van der Waals surface area contributed by atoms with Gasteiger partial charge in [0, 0.05) is 11.2 Å². The molecule has 0 aliphatic heterocycles. The molecule has 2 atom stereocenters. The summed E-state index contributed by atoms with van der Waals surface area (Å²) in [6.07, 6.45) is -0.272. The minimum atomic E-state index is -0.937. The van der Waals surface area contributed by atoms with E-state index in [1.54, 1.807) is 25.7 Å². The van der Waals surface area contributed by atoms with Crippen LogP contribution in [0.2, 0.25) is 0 Å². The van der Waals surface area contributed by atoms with Gasteiger partial charge in [-0.2, -0.15) is 0 Å². The zero-order valence-electron chi connectivity index (χ0n) is 25.6. The molecule has 2 aromatic carbocycles. The van der Waals surface area contributed by atoms with E-state index in [1.807, 2.05) is 97.9 Å². The van der Waals surface area contributed by atoms with Crippen LogP contribution in [0, 0.1) is 26.7 Å². The Morgan fingerprint density at radius 2 is 1.38 bits per heavy atom. The molecular weight excluding hydrogens is 490 g/mol. The monoisotopic (exact) mass is 537 g/mol. The second-order valence-electron chi connectivity index (χ2n) is 12.7. The third-order valence-corrected chi connectivity index (χ3v) is 6.38. The Hall–Kier alpha value is -3.35. The van der Waals surface area contributed by atoms with Crippen LogP contribution in [0.3, 0.4) is 0 Å². The van der Waals surface area contributed by atoms with E-state index in [4.69, 9.17) is 4.74 Å². The Morgan fingerprint density at radius 3 is 1.87 bits per heavy atom. The van der Waals surface area contributed by atoms with Crippen molar-refractivity contribution >= 4 is 23.6 Å². The molecule has 7 nitrogen and oxygen atoms in total. The number of carbonyl (C=O) groups is 3. The van der Waals surface area contributed by atoms with Crippen LogP contribution < -0.4 is 10.6 Å². The number of hydrogen-bond donors (Lipinski definition) is 2. The highest BCUT2D eigenvalue weighted by Crippen LogP contribution is 2.34. The van der Waals surface area contributed by atoms with Crippen molar-refractivity contribution in [1.29, 1.82) is 0 Å². The van der Waals surface area contributed by atoms with Gasteiger partial charge in [0.25, 0.3) is 5.91 Å². The van der Waals surface area contributed by atoms with Gasteiger partial charge in [-0.05, 0) is 96.9 Å². The lowest BCUT2D eigenvalue weighted by atomic mass is 9.91.